The highest BCUT2D eigenvalue weighted by Gasteiger charge is 2.51. The highest BCUT2D eigenvalue weighted by molar-refractivity contribution is 5.90. The van der Waals surface area contributed by atoms with E-state index in [1.165, 1.54) is 22.3 Å². The van der Waals surface area contributed by atoms with Gasteiger partial charge in [-0.15, -0.1) is 0 Å². The standard InChI is InChI=1S/C51H54O9/c1-31(30-52)41-20-15-32-13-16-35(17-14-32)42-21-18-37(36-12-8-11-34(26-36)25-33-9-6-5-7-10-33)27-40(42)29-44(53)57-47-45-43(60-51(2,3)48(47)59-50(41)55)22-19-38-28-39(23-24-56-4)49(54)58-46(38)45/h5-14,16-17,19,22,26,28,37,40,42,47-48,52H,15,18,20-21,23-25,27,29-30H2,1-4H3. The molecular formula is C51H54O9. The van der Waals surface area contributed by atoms with Gasteiger partial charge < -0.3 is 28.5 Å². The number of hydrogen-bond donors (Lipinski definition) is 1. The van der Waals surface area contributed by atoms with Crippen LogP contribution in [0.25, 0.3) is 11.0 Å². The monoisotopic (exact) mass is 810 g/mol. The van der Waals surface area contributed by atoms with Gasteiger partial charge in [0.1, 0.15) is 16.9 Å². The summed E-state index contributed by atoms with van der Waals surface area (Å²) in [7, 11) is 1.57. The third-order valence-corrected chi connectivity index (χ3v) is 12.8. The molecule has 1 aliphatic carbocycles. The highest BCUT2D eigenvalue weighted by Crippen LogP contribution is 2.49. The number of aliphatic hydroxyl groups excluding tert-OH is 1. The summed E-state index contributed by atoms with van der Waals surface area (Å²) in [4.78, 5) is 42.4. The number of carbonyl (C=O) groups is 2. The van der Waals surface area contributed by atoms with E-state index in [1.807, 2.05) is 12.1 Å². The van der Waals surface area contributed by atoms with Gasteiger partial charge in [-0.2, -0.15) is 0 Å². The predicted molar refractivity (Wildman–Crippen MR) is 229 cm³/mol. The van der Waals surface area contributed by atoms with Gasteiger partial charge in [-0.05, 0) is 129 Å². The van der Waals surface area contributed by atoms with Crippen molar-refractivity contribution < 1.29 is 38.1 Å². The van der Waals surface area contributed by atoms with Gasteiger partial charge in [-0.25, -0.2) is 9.59 Å². The Labute approximate surface area is 351 Å². The molecule has 2 bridgehead atoms. The number of hydrogen-bond acceptors (Lipinski definition) is 9. The average molecular weight is 811 g/mol. The summed E-state index contributed by atoms with van der Waals surface area (Å²) in [5, 5.41) is 10.8. The zero-order valence-electron chi connectivity index (χ0n) is 34.9. The molecule has 5 unspecified atom stereocenters. The van der Waals surface area contributed by atoms with E-state index < -0.39 is 35.4 Å². The van der Waals surface area contributed by atoms with Crippen LogP contribution in [0.2, 0.25) is 0 Å². The molecule has 1 fully saturated rings. The number of rotatable bonds is 7. The Kier molecular flexibility index (Phi) is 12.1. The summed E-state index contributed by atoms with van der Waals surface area (Å²) in [5.74, 6) is -0.387. The molecule has 0 spiro atoms. The first kappa shape index (κ1) is 41.2. The summed E-state index contributed by atoms with van der Waals surface area (Å²) in [5.41, 5.74) is 6.14. The Hall–Kier alpha value is -5.51. The Morgan fingerprint density at radius 3 is 2.40 bits per heavy atom. The number of fused-ring (bicyclic) bond motifs is 11. The van der Waals surface area contributed by atoms with Gasteiger partial charge in [0.2, 0.25) is 0 Å². The van der Waals surface area contributed by atoms with Crippen molar-refractivity contribution in [3.05, 3.63) is 158 Å². The van der Waals surface area contributed by atoms with Crippen LogP contribution in [-0.4, -0.2) is 49.1 Å². The van der Waals surface area contributed by atoms with Crippen molar-refractivity contribution in [3.63, 3.8) is 0 Å². The minimum Gasteiger partial charge on any atom is -0.483 e. The fourth-order valence-corrected chi connectivity index (χ4v) is 9.55. The first-order valence-corrected chi connectivity index (χ1v) is 21.2. The zero-order valence-corrected chi connectivity index (χ0v) is 34.9. The van der Waals surface area contributed by atoms with Crippen LogP contribution in [0.5, 0.6) is 5.75 Å². The van der Waals surface area contributed by atoms with E-state index in [1.54, 1.807) is 40.0 Å². The van der Waals surface area contributed by atoms with E-state index in [4.69, 9.17) is 23.4 Å². The van der Waals surface area contributed by atoms with E-state index in [0.29, 0.717) is 59.3 Å². The molecule has 5 atom stereocenters. The van der Waals surface area contributed by atoms with Crippen LogP contribution >= 0.6 is 0 Å². The molecular weight excluding hydrogens is 757 g/mol. The fraction of sp³-hybridized carbons (Fsp3) is 0.392. The molecule has 4 heterocycles. The maximum absolute atomic E-state index is 14.7. The van der Waals surface area contributed by atoms with Crippen molar-refractivity contribution in [1.82, 2.24) is 0 Å². The maximum Gasteiger partial charge on any atom is 0.339 e. The number of aryl methyl sites for hydroxylation is 1. The van der Waals surface area contributed by atoms with Gasteiger partial charge in [-0.1, -0.05) is 78.9 Å². The third-order valence-electron chi connectivity index (χ3n) is 12.8. The van der Waals surface area contributed by atoms with Crippen LogP contribution in [0.15, 0.2) is 117 Å². The fourth-order valence-electron chi connectivity index (χ4n) is 9.55. The second-order valence-corrected chi connectivity index (χ2v) is 17.3. The Bertz CT molecular complexity index is 2450. The quantitative estimate of drug-likeness (QED) is 0.0974. The van der Waals surface area contributed by atoms with Crippen LogP contribution in [0, 0.1) is 5.92 Å². The summed E-state index contributed by atoms with van der Waals surface area (Å²) in [6.07, 6.45) is 2.60. The van der Waals surface area contributed by atoms with Gasteiger partial charge in [-0.3, -0.25) is 4.79 Å². The molecule has 0 radical (unpaired) electrons. The first-order chi connectivity index (χ1) is 29.0. The second kappa shape index (κ2) is 17.6. The summed E-state index contributed by atoms with van der Waals surface area (Å²) >= 11 is 0. The molecule has 0 saturated heterocycles. The lowest BCUT2D eigenvalue weighted by molar-refractivity contribution is -0.188. The molecule has 9 heteroatoms. The third kappa shape index (κ3) is 8.70. The lowest BCUT2D eigenvalue weighted by Crippen LogP contribution is -2.52. The normalized spacial score (nSPS) is 23.7. The maximum atomic E-state index is 14.7. The molecule has 9 rings (SSSR count). The molecule has 4 aromatic carbocycles. The zero-order chi connectivity index (χ0) is 42.0. The van der Waals surface area contributed by atoms with Gasteiger partial charge in [0.15, 0.2) is 12.2 Å². The van der Waals surface area contributed by atoms with E-state index in [0.717, 1.165) is 31.2 Å². The molecule has 60 heavy (non-hydrogen) atoms. The number of benzene rings is 4. The molecule has 5 aromatic rings. The number of aliphatic hydroxyl groups is 1. The van der Waals surface area contributed by atoms with Crippen molar-refractivity contribution >= 4 is 22.9 Å². The van der Waals surface area contributed by atoms with Crippen molar-refractivity contribution in [2.24, 2.45) is 5.92 Å². The SMILES string of the molecule is COCCc1cc2ccc3c(c2oc1=O)C1OC(=O)CC2CC(c4cccc(Cc5ccccc5)c4)CCC2c2ccc(cc2)CCC(=C(C)CO)C(=O)OC1C(C)(C)O3. The van der Waals surface area contributed by atoms with Crippen molar-refractivity contribution in [2.45, 2.75) is 102 Å². The van der Waals surface area contributed by atoms with Crippen molar-refractivity contribution in [3.8, 4) is 5.75 Å². The lowest BCUT2D eigenvalue weighted by Gasteiger charge is -2.43. The van der Waals surface area contributed by atoms with Gasteiger partial charge in [0, 0.05) is 36.5 Å². The number of esters is 2. The molecule has 1 aromatic heterocycles. The summed E-state index contributed by atoms with van der Waals surface area (Å²) in [6, 6.07) is 33.2. The number of carbonyl (C=O) groups excluding carboxylic acids is 2. The van der Waals surface area contributed by atoms with Crippen LogP contribution in [-0.2, 0) is 43.1 Å². The van der Waals surface area contributed by atoms with Crippen molar-refractivity contribution in [1.29, 1.82) is 0 Å². The molecule has 1 N–H and O–H groups in total. The van der Waals surface area contributed by atoms with E-state index in [-0.39, 0.29) is 36.4 Å². The van der Waals surface area contributed by atoms with Crippen LogP contribution in [0.1, 0.15) is 110 Å². The number of ether oxygens (including phenoxy) is 4. The Morgan fingerprint density at radius 1 is 0.850 bits per heavy atom. The van der Waals surface area contributed by atoms with E-state index >= 15 is 0 Å². The molecule has 1 saturated carbocycles. The molecule has 4 aliphatic rings. The van der Waals surface area contributed by atoms with Crippen LogP contribution in [0.4, 0.5) is 0 Å². The first-order valence-electron chi connectivity index (χ1n) is 21.2. The summed E-state index contributed by atoms with van der Waals surface area (Å²) in [6.45, 7) is 5.31. The summed E-state index contributed by atoms with van der Waals surface area (Å²) < 4.78 is 30.8. The lowest BCUT2D eigenvalue weighted by atomic mass is 9.68. The average Bonchev–Trinajstić information content (AvgIpc) is 3.24. The molecule has 0 amide bonds. The smallest absolute Gasteiger partial charge is 0.339 e. The van der Waals surface area contributed by atoms with Gasteiger partial charge in [0.25, 0.3) is 0 Å². The Balaban J connectivity index is 1.19. The van der Waals surface area contributed by atoms with Crippen LogP contribution < -0.4 is 10.4 Å². The molecule has 3 aliphatic heterocycles. The minimum absolute atomic E-state index is 0.0448. The van der Waals surface area contributed by atoms with Crippen LogP contribution in [0.3, 0.4) is 0 Å². The van der Waals surface area contributed by atoms with Crippen molar-refractivity contribution in [2.75, 3.05) is 20.3 Å². The molecule has 9 nitrogen and oxygen atoms in total. The minimum atomic E-state index is -1.18. The largest absolute Gasteiger partial charge is 0.483 e. The van der Waals surface area contributed by atoms with E-state index in [9.17, 15) is 19.5 Å². The topological polar surface area (TPSA) is 122 Å². The van der Waals surface area contributed by atoms with Gasteiger partial charge >= 0.3 is 17.6 Å². The number of methoxy groups -OCH3 is 1. The molecule has 312 valence electrons. The Morgan fingerprint density at radius 2 is 1.63 bits per heavy atom. The van der Waals surface area contributed by atoms with E-state index in [2.05, 4.69) is 72.8 Å². The van der Waals surface area contributed by atoms with Gasteiger partial charge in [0.05, 0.1) is 18.8 Å². The second-order valence-electron chi connectivity index (χ2n) is 17.3. The predicted octanol–water partition coefficient (Wildman–Crippen LogP) is 9.25. The highest BCUT2D eigenvalue weighted by atomic mass is 16.6.